The minimum absolute atomic E-state index is 0.00430. The summed E-state index contributed by atoms with van der Waals surface area (Å²) in [5.74, 6) is -0.0514. The Morgan fingerprint density at radius 3 is 2.68 bits per heavy atom. The fraction of sp³-hybridized carbons (Fsp3) is 0.391. The first-order valence-corrected chi connectivity index (χ1v) is 10.1. The Kier molecular flexibility index (Phi) is 5.44. The summed E-state index contributed by atoms with van der Waals surface area (Å²) in [7, 11) is 0. The van der Waals surface area contributed by atoms with Gasteiger partial charge >= 0.3 is 5.97 Å². The average Bonchev–Trinajstić information content (AvgIpc) is 3.06. The van der Waals surface area contributed by atoms with Crippen LogP contribution in [0.15, 0.2) is 48.7 Å². The lowest BCUT2D eigenvalue weighted by Crippen LogP contribution is -2.40. The molecule has 0 radical (unpaired) electrons. The summed E-state index contributed by atoms with van der Waals surface area (Å²) in [6.45, 7) is 6.15. The Labute approximate surface area is 165 Å². The maximum Gasteiger partial charge on any atom is 0.309 e. The number of H-pyrrole nitrogens is 1. The van der Waals surface area contributed by atoms with Crippen molar-refractivity contribution in [2.24, 2.45) is 5.92 Å². The first kappa shape index (κ1) is 18.7. The van der Waals surface area contributed by atoms with Gasteiger partial charge < -0.3 is 9.72 Å². The predicted octanol–water partition coefficient (Wildman–Crippen LogP) is 4.24. The number of pyridine rings is 1. The van der Waals surface area contributed by atoms with Crippen LogP contribution in [0.25, 0.3) is 10.9 Å². The first-order valence-electron chi connectivity index (χ1n) is 10.1. The fourth-order valence-electron chi connectivity index (χ4n) is 4.36. The highest BCUT2D eigenvalue weighted by atomic mass is 16.5. The molecule has 1 fully saturated rings. The predicted molar refractivity (Wildman–Crippen MR) is 110 cm³/mol. The zero-order chi connectivity index (χ0) is 19.5. The number of hydrogen-bond acceptors (Lipinski definition) is 4. The van der Waals surface area contributed by atoms with Crippen molar-refractivity contribution in [3.63, 3.8) is 0 Å². The van der Waals surface area contributed by atoms with Crippen molar-refractivity contribution in [1.82, 2.24) is 14.9 Å². The largest absolute Gasteiger partial charge is 0.466 e. The van der Waals surface area contributed by atoms with Crippen LogP contribution in [0.5, 0.6) is 0 Å². The number of aryl methyl sites for hydroxylation is 1. The average molecular weight is 377 g/mol. The van der Waals surface area contributed by atoms with E-state index in [1.807, 2.05) is 25.3 Å². The van der Waals surface area contributed by atoms with Crippen LogP contribution in [0.2, 0.25) is 0 Å². The van der Waals surface area contributed by atoms with E-state index in [1.165, 1.54) is 16.6 Å². The van der Waals surface area contributed by atoms with E-state index in [0.717, 1.165) is 37.1 Å². The molecule has 0 spiro atoms. The van der Waals surface area contributed by atoms with Gasteiger partial charge in [0.25, 0.3) is 0 Å². The highest BCUT2D eigenvalue weighted by molar-refractivity contribution is 5.85. The van der Waals surface area contributed by atoms with Crippen molar-refractivity contribution in [2.45, 2.75) is 32.7 Å². The molecule has 4 rings (SSSR count). The minimum atomic E-state index is -0.0557. The lowest BCUT2D eigenvalue weighted by atomic mass is 9.92. The molecule has 3 aromatic rings. The van der Waals surface area contributed by atoms with Gasteiger partial charge in [-0.05, 0) is 58.0 Å². The normalized spacial score (nSPS) is 16.9. The molecule has 1 saturated heterocycles. The van der Waals surface area contributed by atoms with Gasteiger partial charge in [0.05, 0.1) is 24.3 Å². The molecule has 2 aromatic heterocycles. The summed E-state index contributed by atoms with van der Waals surface area (Å²) >= 11 is 0. The summed E-state index contributed by atoms with van der Waals surface area (Å²) in [5.41, 5.74) is 4.65. The molecule has 0 aliphatic carbocycles. The van der Waals surface area contributed by atoms with E-state index >= 15 is 0 Å². The number of aromatic amines is 1. The molecule has 5 nitrogen and oxygen atoms in total. The molecule has 0 amide bonds. The Morgan fingerprint density at radius 2 is 1.96 bits per heavy atom. The van der Waals surface area contributed by atoms with Crippen LogP contribution in [0.1, 0.15) is 42.8 Å². The van der Waals surface area contributed by atoms with Gasteiger partial charge in [-0.25, -0.2) is 0 Å². The highest BCUT2D eigenvalue weighted by Gasteiger charge is 2.33. The van der Waals surface area contributed by atoms with E-state index < -0.39 is 0 Å². The second-order valence-electron chi connectivity index (χ2n) is 7.43. The van der Waals surface area contributed by atoms with E-state index in [0.29, 0.717) is 6.61 Å². The fourth-order valence-corrected chi connectivity index (χ4v) is 4.36. The molecule has 1 aliphatic rings. The Balaban J connectivity index is 1.68. The van der Waals surface area contributed by atoms with E-state index in [9.17, 15) is 4.79 Å². The molecule has 5 heteroatoms. The molecular formula is C23H27N3O2. The van der Waals surface area contributed by atoms with E-state index in [1.54, 1.807) is 0 Å². The number of para-hydroxylation sites is 1. The number of aromatic nitrogens is 2. The van der Waals surface area contributed by atoms with Crippen LogP contribution in [0.3, 0.4) is 0 Å². The number of rotatable bonds is 5. The van der Waals surface area contributed by atoms with E-state index in [4.69, 9.17) is 9.72 Å². The van der Waals surface area contributed by atoms with Crippen molar-refractivity contribution < 1.29 is 9.53 Å². The molecule has 1 N–H and O–H groups in total. The van der Waals surface area contributed by atoms with Crippen LogP contribution in [0, 0.1) is 12.8 Å². The zero-order valence-corrected chi connectivity index (χ0v) is 16.5. The molecule has 146 valence electrons. The highest BCUT2D eigenvalue weighted by Crippen LogP contribution is 2.37. The third-order valence-corrected chi connectivity index (χ3v) is 5.70. The van der Waals surface area contributed by atoms with Crippen molar-refractivity contribution in [1.29, 1.82) is 0 Å². The summed E-state index contributed by atoms with van der Waals surface area (Å²) in [5, 5.41) is 1.24. The van der Waals surface area contributed by atoms with Crippen LogP contribution in [-0.2, 0) is 9.53 Å². The van der Waals surface area contributed by atoms with Gasteiger partial charge in [-0.1, -0.05) is 24.3 Å². The lowest BCUT2D eigenvalue weighted by molar-refractivity contribution is -0.149. The lowest BCUT2D eigenvalue weighted by Gasteiger charge is -2.37. The van der Waals surface area contributed by atoms with Crippen LogP contribution < -0.4 is 0 Å². The van der Waals surface area contributed by atoms with Gasteiger partial charge in [-0.15, -0.1) is 0 Å². The van der Waals surface area contributed by atoms with Crippen LogP contribution in [0.4, 0.5) is 0 Å². The molecule has 3 heterocycles. The van der Waals surface area contributed by atoms with Crippen molar-refractivity contribution in [3.05, 3.63) is 65.6 Å². The topological polar surface area (TPSA) is 58.2 Å². The zero-order valence-electron chi connectivity index (χ0n) is 16.5. The minimum Gasteiger partial charge on any atom is -0.466 e. The number of nitrogens with one attached hydrogen (secondary N) is 1. The van der Waals surface area contributed by atoms with E-state index in [-0.39, 0.29) is 17.9 Å². The van der Waals surface area contributed by atoms with Gasteiger partial charge in [0.15, 0.2) is 0 Å². The van der Waals surface area contributed by atoms with Gasteiger partial charge in [-0.3, -0.25) is 14.7 Å². The van der Waals surface area contributed by atoms with Crippen molar-refractivity contribution in [3.8, 4) is 0 Å². The monoisotopic (exact) mass is 377 g/mol. The SMILES string of the molecule is CCOC(=O)C1CCN([C@H](c2ccccn2)c2c(C)[nH]c3ccccc23)CC1. The van der Waals surface area contributed by atoms with Gasteiger partial charge in [0.2, 0.25) is 0 Å². The molecule has 1 aliphatic heterocycles. The summed E-state index contributed by atoms with van der Waals surface area (Å²) in [4.78, 5) is 22.8. The summed E-state index contributed by atoms with van der Waals surface area (Å²) < 4.78 is 5.24. The maximum absolute atomic E-state index is 12.1. The molecule has 1 atom stereocenters. The molecular weight excluding hydrogens is 350 g/mol. The molecule has 0 unspecified atom stereocenters. The van der Waals surface area contributed by atoms with Gasteiger partial charge in [-0.2, -0.15) is 0 Å². The van der Waals surface area contributed by atoms with E-state index in [2.05, 4.69) is 47.1 Å². The number of hydrogen-bond donors (Lipinski definition) is 1. The number of likely N-dealkylation sites (tertiary alicyclic amines) is 1. The number of nitrogens with zero attached hydrogens (tertiary/aromatic N) is 2. The van der Waals surface area contributed by atoms with Crippen LogP contribution in [-0.4, -0.2) is 40.5 Å². The Bertz CT molecular complexity index is 943. The Hall–Kier alpha value is -2.66. The molecule has 0 bridgehead atoms. The maximum atomic E-state index is 12.1. The second-order valence-corrected chi connectivity index (χ2v) is 7.43. The molecule has 0 saturated carbocycles. The number of piperidine rings is 1. The quantitative estimate of drug-likeness (QED) is 0.676. The summed E-state index contributed by atoms with van der Waals surface area (Å²) in [6.07, 6.45) is 3.50. The third kappa shape index (κ3) is 3.54. The molecule has 1 aromatic carbocycles. The number of esters is 1. The second kappa shape index (κ2) is 8.15. The number of fused-ring (bicyclic) bond motifs is 1. The number of ether oxygens (including phenoxy) is 1. The summed E-state index contributed by atoms with van der Waals surface area (Å²) in [6, 6.07) is 14.6. The standard InChI is InChI=1S/C23H27N3O2/c1-3-28-23(27)17-11-14-26(15-12-17)22(20-10-6-7-13-24-20)21-16(2)25-19-9-5-4-8-18(19)21/h4-10,13,17,22,25H,3,11-12,14-15H2,1-2H3/t22-/m1/s1. The smallest absolute Gasteiger partial charge is 0.309 e. The number of benzene rings is 1. The van der Waals surface area contributed by atoms with Gasteiger partial charge in [0, 0.05) is 28.4 Å². The Morgan fingerprint density at radius 1 is 1.21 bits per heavy atom. The number of carbonyl (C=O) groups is 1. The van der Waals surface area contributed by atoms with Crippen LogP contribution >= 0.6 is 0 Å². The van der Waals surface area contributed by atoms with Crippen molar-refractivity contribution in [2.75, 3.05) is 19.7 Å². The first-order chi connectivity index (χ1) is 13.7. The third-order valence-electron chi connectivity index (χ3n) is 5.70. The van der Waals surface area contributed by atoms with Gasteiger partial charge in [0.1, 0.15) is 0 Å². The molecule has 28 heavy (non-hydrogen) atoms. The van der Waals surface area contributed by atoms with Crippen molar-refractivity contribution >= 4 is 16.9 Å². The number of carbonyl (C=O) groups excluding carboxylic acids is 1.